The number of aryl methyl sites for hydroxylation is 2. The van der Waals surface area contributed by atoms with Gasteiger partial charge in [0.25, 0.3) is 0 Å². The highest BCUT2D eigenvalue weighted by atomic mass is 16.3. The lowest BCUT2D eigenvalue weighted by Gasteiger charge is -2.08. The molecule has 0 radical (unpaired) electrons. The monoisotopic (exact) mass is 332 g/mol. The van der Waals surface area contributed by atoms with Gasteiger partial charge in [-0.2, -0.15) is 4.57 Å². The van der Waals surface area contributed by atoms with E-state index in [4.69, 9.17) is 15.4 Å². The molecule has 0 N–H and O–H groups in total. The van der Waals surface area contributed by atoms with E-state index in [9.17, 15) is 0 Å². The fourth-order valence-corrected chi connectivity index (χ4v) is 3.38. The summed E-state index contributed by atoms with van der Waals surface area (Å²) in [5, 5.41) is 0.689. The minimum atomic E-state index is -0.431. The fraction of sp³-hybridized carbons (Fsp3) is 0.0870. The molecule has 0 aliphatic rings. The van der Waals surface area contributed by atoms with Gasteiger partial charge in [-0.1, -0.05) is 48.4 Å². The van der Waals surface area contributed by atoms with Crippen molar-refractivity contribution in [1.29, 1.82) is 0 Å². The van der Waals surface area contributed by atoms with Crippen LogP contribution in [0.2, 0.25) is 0 Å². The number of para-hydroxylation sites is 2. The number of furan rings is 1. The highest BCUT2D eigenvalue weighted by Gasteiger charge is 2.25. The van der Waals surface area contributed by atoms with Crippen LogP contribution in [0.5, 0.6) is 0 Å². The van der Waals surface area contributed by atoms with Gasteiger partial charge in [0.2, 0.25) is 11.2 Å². The standard InChI is InChI=1S/C23H18NO/c1-15-9-3-4-10-16(15)22-21-18-12-6-8-14-20(18)25-23(21)17-11-5-7-13-19(17)24(22)2/h3-14H,1-2H3/q+1/i5D,6D,7D,8D,11D,12D,13D,14D. The number of nitrogens with zero attached hydrogens (tertiary/aromatic N) is 1. The molecule has 0 unspecified atom stereocenters. The lowest BCUT2D eigenvalue weighted by atomic mass is 9.98. The maximum atomic E-state index is 8.58. The van der Waals surface area contributed by atoms with Crippen LogP contribution < -0.4 is 4.57 Å². The van der Waals surface area contributed by atoms with Crippen molar-refractivity contribution in [1.82, 2.24) is 0 Å². The van der Waals surface area contributed by atoms with Crippen LogP contribution in [-0.2, 0) is 7.05 Å². The Kier molecular flexibility index (Phi) is 1.72. The summed E-state index contributed by atoms with van der Waals surface area (Å²) in [6.07, 6.45) is 0. The van der Waals surface area contributed by atoms with Crippen molar-refractivity contribution in [3.8, 4) is 11.3 Å². The Morgan fingerprint density at radius 1 is 0.920 bits per heavy atom. The van der Waals surface area contributed by atoms with Gasteiger partial charge >= 0.3 is 0 Å². The van der Waals surface area contributed by atoms with Crippen molar-refractivity contribution in [2.24, 2.45) is 7.05 Å². The van der Waals surface area contributed by atoms with E-state index in [1.165, 1.54) is 0 Å². The largest absolute Gasteiger partial charge is 0.455 e. The Balaban J connectivity index is 2.23. The molecule has 5 aromatic rings. The van der Waals surface area contributed by atoms with Gasteiger partial charge in [-0.15, -0.1) is 0 Å². The van der Waals surface area contributed by atoms with Crippen molar-refractivity contribution >= 4 is 32.8 Å². The summed E-state index contributed by atoms with van der Waals surface area (Å²) >= 11 is 0. The van der Waals surface area contributed by atoms with Gasteiger partial charge in [0.15, 0.2) is 5.58 Å². The predicted molar refractivity (Wildman–Crippen MR) is 103 cm³/mol. The van der Waals surface area contributed by atoms with E-state index in [2.05, 4.69) is 0 Å². The first kappa shape index (κ1) is 8.30. The van der Waals surface area contributed by atoms with Crippen molar-refractivity contribution in [3.05, 3.63) is 78.2 Å². The van der Waals surface area contributed by atoms with Crippen LogP contribution in [0.1, 0.15) is 16.5 Å². The molecule has 2 aromatic heterocycles. The Bertz CT molecular complexity index is 1670. The first-order valence-electron chi connectivity index (χ1n) is 11.9. The second kappa shape index (κ2) is 5.18. The van der Waals surface area contributed by atoms with E-state index < -0.39 is 18.1 Å². The van der Waals surface area contributed by atoms with Crippen molar-refractivity contribution in [3.63, 3.8) is 0 Å². The molecule has 3 aromatic carbocycles. The van der Waals surface area contributed by atoms with Gasteiger partial charge in [0, 0.05) is 17.0 Å². The highest BCUT2D eigenvalue weighted by molar-refractivity contribution is 6.17. The molecule has 5 rings (SSSR count). The first-order chi connectivity index (χ1) is 15.6. The number of benzene rings is 3. The Morgan fingerprint density at radius 3 is 2.48 bits per heavy atom. The zero-order chi connectivity index (χ0) is 23.9. The first-order valence-corrected chi connectivity index (χ1v) is 7.88. The molecule has 25 heavy (non-hydrogen) atoms. The minimum absolute atomic E-state index is 0.0502. The molecule has 2 heteroatoms. The topological polar surface area (TPSA) is 17.0 Å². The van der Waals surface area contributed by atoms with Gasteiger partial charge in [-0.05, 0) is 30.6 Å². The van der Waals surface area contributed by atoms with Crippen LogP contribution in [0.3, 0.4) is 0 Å². The Labute approximate surface area is 157 Å². The average Bonchev–Trinajstić information content (AvgIpc) is 3.19. The Hall–Kier alpha value is -3.13. The van der Waals surface area contributed by atoms with Crippen LogP contribution in [0.25, 0.3) is 44.1 Å². The quantitative estimate of drug-likeness (QED) is 0.368. The summed E-state index contributed by atoms with van der Waals surface area (Å²) in [4.78, 5) is 0. The second-order valence-electron chi connectivity index (χ2n) is 5.96. The molecule has 0 fully saturated rings. The number of aromatic nitrogens is 1. The number of pyridine rings is 1. The van der Waals surface area contributed by atoms with Crippen LogP contribution in [0.15, 0.2) is 77.0 Å². The molecule has 0 bridgehead atoms. The molecule has 2 nitrogen and oxygen atoms in total. The number of hydrogen-bond donors (Lipinski definition) is 0. The van der Waals surface area contributed by atoms with Gasteiger partial charge in [-0.3, -0.25) is 0 Å². The van der Waals surface area contributed by atoms with Gasteiger partial charge in [0.1, 0.15) is 18.0 Å². The molecule has 0 atom stereocenters. The van der Waals surface area contributed by atoms with Crippen molar-refractivity contribution < 1.29 is 20.0 Å². The van der Waals surface area contributed by atoms with Crippen LogP contribution >= 0.6 is 0 Å². The smallest absolute Gasteiger partial charge is 0.224 e. The molecule has 2 heterocycles. The van der Waals surface area contributed by atoms with E-state index in [1.54, 1.807) is 11.6 Å². The lowest BCUT2D eigenvalue weighted by molar-refractivity contribution is -0.632. The normalized spacial score (nSPS) is 16.1. The molecule has 0 saturated carbocycles. The zero-order valence-electron chi connectivity index (χ0n) is 21.7. The second-order valence-corrected chi connectivity index (χ2v) is 5.96. The summed E-state index contributed by atoms with van der Waals surface area (Å²) in [7, 11) is 1.69. The summed E-state index contributed by atoms with van der Waals surface area (Å²) < 4.78 is 74.3. The number of fused-ring (bicyclic) bond motifs is 5. The fourth-order valence-electron chi connectivity index (χ4n) is 3.38. The third-order valence-electron chi connectivity index (χ3n) is 4.54. The predicted octanol–water partition coefficient (Wildman–Crippen LogP) is 5.54. The third kappa shape index (κ3) is 1.94. The number of rotatable bonds is 1. The summed E-state index contributed by atoms with van der Waals surface area (Å²) in [5.74, 6) is 0. The van der Waals surface area contributed by atoms with Gasteiger partial charge in [-0.25, -0.2) is 0 Å². The van der Waals surface area contributed by atoms with Crippen LogP contribution in [0, 0.1) is 6.92 Å². The van der Waals surface area contributed by atoms with Gasteiger partial charge in [0.05, 0.1) is 16.4 Å². The molecular formula is C23H18NO+. The third-order valence-corrected chi connectivity index (χ3v) is 4.54. The molecule has 0 aliphatic heterocycles. The SMILES string of the molecule is [2H]c1c([2H])c([2H])c2c(oc3c2c(-c2ccccc2C)[n+](C)c2c([2H])c([2H])c([2H])c([2H])c32)c1[2H]. The maximum absolute atomic E-state index is 8.58. The Morgan fingerprint density at radius 2 is 1.64 bits per heavy atom. The van der Waals surface area contributed by atoms with E-state index >= 15 is 0 Å². The lowest BCUT2D eigenvalue weighted by Crippen LogP contribution is -2.32. The van der Waals surface area contributed by atoms with Crippen molar-refractivity contribution in [2.45, 2.75) is 6.92 Å². The van der Waals surface area contributed by atoms with E-state index in [-0.39, 0.29) is 57.7 Å². The molecular weight excluding hydrogens is 306 g/mol. The molecule has 0 spiro atoms. The van der Waals surface area contributed by atoms with Crippen molar-refractivity contribution in [2.75, 3.05) is 0 Å². The van der Waals surface area contributed by atoms with Crippen LogP contribution in [-0.4, -0.2) is 0 Å². The molecule has 0 aliphatic carbocycles. The van der Waals surface area contributed by atoms with Crippen LogP contribution in [0.4, 0.5) is 0 Å². The highest BCUT2D eigenvalue weighted by Crippen LogP contribution is 2.38. The average molecular weight is 332 g/mol. The van der Waals surface area contributed by atoms with E-state index in [0.29, 0.717) is 11.1 Å². The molecule has 120 valence electrons. The van der Waals surface area contributed by atoms with E-state index in [1.807, 2.05) is 31.2 Å². The molecule has 0 amide bonds. The zero-order valence-corrected chi connectivity index (χ0v) is 13.7. The summed E-state index contributed by atoms with van der Waals surface area (Å²) in [5.41, 5.74) is 2.48. The maximum Gasteiger partial charge on any atom is 0.224 e. The minimum Gasteiger partial charge on any atom is -0.455 e. The van der Waals surface area contributed by atoms with E-state index in [0.717, 1.165) is 11.1 Å². The summed E-state index contributed by atoms with van der Waals surface area (Å²) in [6, 6.07) is 4.74. The molecule has 0 saturated heterocycles. The van der Waals surface area contributed by atoms with Gasteiger partial charge < -0.3 is 4.42 Å². The summed E-state index contributed by atoms with van der Waals surface area (Å²) in [6.45, 7) is 1.91. The number of hydrogen-bond acceptors (Lipinski definition) is 1.